The molecule has 4 atom stereocenters. The maximum absolute atomic E-state index is 4.42. The van der Waals surface area contributed by atoms with Gasteiger partial charge in [0, 0.05) is 54.8 Å². The van der Waals surface area contributed by atoms with Gasteiger partial charge in [0.1, 0.15) is 0 Å². The second-order valence-corrected chi connectivity index (χ2v) is 14.5. The van der Waals surface area contributed by atoms with Crippen molar-refractivity contribution in [2.75, 3.05) is 34.5 Å². The van der Waals surface area contributed by atoms with E-state index < -0.39 is 0 Å². The molecule has 0 spiro atoms. The minimum atomic E-state index is 0.734. The minimum Gasteiger partial charge on any atom is -0.178 e. The second-order valence-electron chi connectivity index (χ2n) is 5.50. The lowest BCUT2D eigenvalue weighted by atomic mass is 10.4. The predicted octanol–water partition coefficient (Wildman–Crippen LogP) is 6.08. The summed E-state index contributed by atoms with van der Waals surface area (Å²) in [5.74, 6) is 6.95. The first-order valence-corrected chi connectivity index (χ1v) is 15.1. The molecule has 2 aliphatic heterocycles. The van der Waals surface area contributed by atoms with Gasteiger partial charge in [0.25, 0.3) is 0 Å². The number of hydrogen-bond donors (Lipinski definition) is 2. The molecular weight excluding hydrogens is 449 g/mol. The number of thioether (sulfide) groups is 6. The molecule has 1 aromatic rings. The third kappa shape index (κ3) is 6.57. The molecule has 0 radical (unpaired) electrons. The van der Waals surface area contributed by atoms with Crippen molar-refractivity contribution in [3.05, 3.63) is 24.3 Å². The Morgan fingerprint density at radius 3 is 1.54 bits per heavy atom. The van der Waals surface area contributed by atoms with Gasteiger partial charge in [-0.1, -0.05) is 0 Å². The zero-order valence-corrected chi connectivity index (χ0v) is 19.9. The van der Waals surface area contributed by atoms with Gasteiger partial charge in [-0.3, -0.25) is 0 Å². The summed E-state index contributed by atoms with van der Waals surface area (Å²) in [5.41, 5.74) is 0. The molecule has 4 unspecified atom stereocenters. The highest BCUT2D eigenvalue weighted by Crippen LogP contribution is 2.42. The Morgan fingerprint density at radius 2 is 1.21 bits per heavy atom. The van der Waals surface area contributed by atoms with Crippen LogP contribution in [-0.2, 0) is 0 Å². The van der Waals surface area contributed by atoms with Gasteiger partial charge in [0.2, 0.25) is 0 Å². The third-order valence-electron chi connectivity index (χ3n) is 3.63. The van der Waals surface area contributed by atoms with E-state index >= 15 is 0 Å². The lowest BCUT2D eigenvalue weighted by Gasteiger charge is -2.10. The van der Waals surface area contributed by atoms with E-state index in [1.54, 1.807) is 0 Å². The average Bonchev–Trinajstić information content (AvgIpc) is 3.28. The quantitative estimate of drug-likeness (QED) is 0.346. The monoisotopic (exact) mass is 470 g/mol. The average molecular weight is 471 g/mol. The first kappa shape index (κ1) is 20.7. The van der Waals surface area contributed by atoms with Gasteiger partial charge in [-0.15, -0.1) is 70.6 Å². The van der Waals surface area contributed by atoms with Crippen LogP contribution in [-0.4, -0.2) is 54.2 Å². The van der Waals surface area contributed by atoms with E-state index in [4.69, 9.17) is 0 Å². The fourth-order valence-corrected chi connectivity index (χ4v) is 12.3. The summed E-state index contributed by atoms with van der Waals surface area (Å²) >= 11 is 21.2. The van der Waals surface area contributed by atoms with Crippen molar-refractivity contribution in [2.45, 2.75) is 29.5 Å². The predicted molar refractivity (Wildman–Crippen MR) is 131 cm³/mol. The van der Waals surface area contributed by atoms with E-state index in [2.05, 4.69) is 96.6 Å². The summed E-state index contributed by atoms with van der Waals surface area (Å²) < 4.78 is 1.47. The number of benzene rings is 1. The Labute approximate surface area is 182 Å². The van der Waals surface area contributed by atoms with Crippen molar-refractivity contribution in [2.24, 2.45) is 0 Å². The van der Waals surface area contributed by atoms with Crippen LogP contribution in [0.15, 0.2) is 34.1 Å². The summed E-state index contributed by atoms with van der Waals surface area (Å²) in [7, 11) is 0. The SMILES string of the molecule is SCC1CSC(CSc2ccc(SCC3SCC(CS)S3)cc2)S1. The molecule has 134 valence electrons. The third-order valence-corrected chi connectivity index (χ3v) is 14.6. The zero-order chi connectivity index (χ0) is 16.8. The second kappa shape index (κ2) is 11.1. The number of rotatable bonds is 8. The number of hydrogen-bond acceptors (Lipinski definition) is 8. The van der Waals surface area contributed by atoms with Crippen molar-refractivity contribution in [1.82, 2.24) is 0 Å². The Kier molecular flexibility index (Phi) is 9.62. The Balaban J connectivity index is 1.37. The molecule has 0 amide bonds. The molecule has 2 saturated heterocycles. The van der Waals surface area contributed by atoms with E-state index in [-0.39, 0.29) is 0 Å². The van der Waals surface area contributed by atoms with Crippen LogP contribution >= 0.6 is 95.8 Å². The zero-order valence-electron chi connectivity index (χ0n) is 13.2. The van der Waals surface area contributed by atoms with E-state index in [9.17, 15) is 0 Å². The largest absolute Gasteiger partial charge is 0.178 e. The van der Waals surface area contributed by atoms with E-state index in [1.165, 1.54) is 32.8 Å². The van der Waals surface area contributed by atoms with Gasteiger partial charge in [0.05, 0.1) is 9.16 Å². The van der Waals surface area contributed by atoms with Gasteiger partial charge in [-0.25, -0.2) is 0 Å². The van der Waals surface area contributed by atoms with Crippen LogP contribution in [0.25, 0.3) is 0 Å². The van der Waals surface area contributed by atoms with Crippen molar-refractivity contribution >= 4 is 95.8 Å². The van der Waals surface area contributed by atoms with Crippen LogP contribution in [0.1, 0.15) is 0 Å². The maximum atomic E-state index is 4.42. The number of thiol groups is 2. The molecular formula is C16H22S8. The molecule has 0 aromatic heterocycles. The Bertz CT molecular complexity index is 448. The first-order chi connectivity index (χ1) is 11.8. The minimum absolute atomic E-state index is 0.734. The molecule has 0 nitrogen and oxygen atoms in total. The van der Waals surface area contributed by atoms with Crippen LogP contribution in [0.5, 0.6) is 0 Å². The standard InChI is InChI=1S/C16H22S8/c17-5-13-7-21-15(23-13)9-19-11-1-2-12(4-3-11)20-10-16-22-8-14(6-18)24-16/h1-4,13-18H,5-10H2. The summed E-state index contributed by atoms with van der Waals surface area (Å²) in [5, 5.41) is 1.49. The van der Waals surface area contributed by atoms with Crippen molar-refractivity contribution in [3.8, 4) is 0 Å². The normalized spacial score (nSPS) is 30.1. The van der Waals surface area contributed by atoms with Crippen LogP contribution in [0.4, 0.5) is 0 Å². The van der Waals surface area contributed by atoms with Crippen molar-refractivity contribution in [1.29, 1.82) is 0 Å². The molecule has 3 rings (SSSR count). The van der Waals surface area contributed by atoms with E-state index in [1.807, 2.05) is 23.5 Å². The summed E-state index contributed by atoms with van der Waals surface area (Å²) in [6.45, 7) is 0. The first-order valence-electron chi connectivity index (χ1n) is 7.88. The van der Waals surface area contributed by atoms with Gasteiger partial charge >= 0.3 is 0 Å². The van der Waals surface area contributed by atoms with Gasteiger partial charge in [-0.2, -0.15) is 25.3 Å². The highest BCUT2D eigenvalue weighted by atomic mass is 32.2. The van der Waals surface area contributed by atoms with Gasteiger partial charge < -0.3 is 0 Å². The Hall–Kier alpha value is 2.02. The molecule has 2 heterocycles. The van der Waals surface area contributed by atoms with Crippen LogP contribution in [0.3, 0.4) is 0 Å². The molecule has 1 aromatic carbocycles. The van der Waals surface area contributed by atoms with Crippen molar-refractivity contribution < 1.29 is 0 Å². The molecule has 2 aliphatic rings. The van der Waals surface area contributed by atoms with Crippen LogP contribution < -0.4 is 0 Å². The van der Waals surface area contributed by atoms with Crippen LogP contribution in [0, 0.1) is 0 Å². The highest BCUT2D eigenvalue weighted by Gasteiger charge is 2.25. The lowest BCUT2D eigenvalue weighted by molar-refractivity contribution is 1.17. The van der Waals surface area contributed by atoms with Gasteiger partial charge in [0.15, 0.2) is 0 Å². The Morgan fingerprint density at radius 1 is 0.792 bits per heavy atom. The lowest BCUT2D eigenvalue weighted by Crippen LogP contribution is -2.03. The fourth-order valence-electron chi connectivity index (χ4n) is 2.34. The van der Waals surface area contributed by atoms with E-state index in [0.717, 1.165) is 31.2 Å². The smallest absolute Gasteiger partial charge is 0.0600 e. The highest BCUT2D eigenvalue weighted by molar-refractivity contribution is 8.22. The van der Waals surface area contributed by atoms with Crippen LogP contribution in [0.2, 0.25) is 0 Å². The molecule has 0 saturated carbocycles. The van der Waals surface area contributed by atoms with Gasteiger partial charge in [-0.05, 0) is 24.3 Å². The molecule has 2 fully saturated rings. The van der Waals surface area contributed by atoms with E-state index in [0.29, 0.717) is 0 Å². The molecule has 8 heteroatoms. The topological polar surface area (TPSA) is 0 Å². The summed E-state index contributed by atoms with van der Waals surface area (Å²) in [4.78, 5) is 2.80. The maximum Gasteiger partial charge on any atom is 0.0600 e. The molecule has 0 N–H and O–H groups in total. The fraction of sp³-hybridized carbons (Fsp3) is 0.625. The molecule has 24 heavy (non-hydrogen) atoms. The molecule has 0 bridgehead atoms. The molecule has 0 aliphatic carbocycles. The van der Waals surface area contributed by atoms with Crippen molar-refractivity contribution in [3.63, 3.8) is 0 Å². The summed E-state index contributed by atoms with van der Waals surface area (Å²) in [6.07, 6.45) is 0. The summed E-state index contributed by atoms with van der Waals surface area (Å²) in [6, 6.07) is 9.16.